The lowest BCUT2D eigenvalue weighted by Crippen LogP contribution is -2.57. The molecule has 24 heavy (non-hydrogen) atoms. The van der Waals surface area contributed by atoms with Gasteiger partial charge < -0.3 is 9.84 Å². The van der Waals surface area contributed by atoms with Gasteiger partial charge in [0.15, 0.2) is 6.61 Å². The summed E-state index contributed by atoms with van der Waals surface area (Å²) in [4.78, 5) is 12.1. The molecule has 0 aliphatic carbocycles. The third-order valence-electron chi connectivity index (χ3n) is 3.76. The fraction of sp³-hybridized carbons (Fsp3) is 0.500. The molecule has 0 fully saturated rings. The molecule has 1 atom stereocenters. The summed E-state index contributed by atoms with van der Waals surface area (Å²) in [6.07, 6.45) is -5.79. The van der Waals surface area contributed by atoms with Crippen LogP contribution in [0.25, 0.3) is 0 Å². The van der Waals surface area contributed by atoms with Crippen molar-refractivity contribution in [2.24, 2.45) is 5.10 Å². The zero-order valence-corrected chi connectivity index (χ0v) is 13.9. The molecule has 1 aromatic carbocycles. The molecule has 0 radical (unpaired) electrons. The molecular weight excluding hydrogens is 325 g/mol. The largest absolute Gasteiger partial charge is 0.483 e. The normalized spacial score (nSPS) is 21.0. The van der Waals surface area contributed by atoms with Crippen LogP contribution in [0.15, 0.2) is 17.2 Å². The van der Waals surface area contributed by atoms with Gasteiger partial charge in [-0.2, -0.15) is 23.3 Å². The first-order valence-electron chi connectivity index (χ1n) is 7.32. The maximum Gasteiger partial charge on any atom is 0.438 e. The topological polar surface area (TPSA) is 62.1 Å². The van der Waals surface area contributed by atoms with Crippen LogP contribution in [0.3, 0.4) is 0 Å². The molecule has 0 saturated heterocycles. The third kappa shape index (κ3) is 3.24. The number of ether oxygens (including phenoxy) is 1. The van der Waals surface area contributed by atoms with E-state index in [0.29, 0.717) is 5.75 Å². The van der Waals surface area contributed by atoms with Gasteiger partial charge >= 0.3 is 6.18 Å². The highest BCUT2D eigenvalue weighted by Gasteiger charge is 2.62. The molecule has 8 heteroatoms. The Hall–Kier alpha value is -2.09. The van der Waals surface area contributed by atoms with Gasteiger partial charge in [0.25, 0.3) is 11.6 Å². The summed E-state index contributed by atoms with van der Waals surface area (Å²) in [7, 11) is 0. The molecule has 0 bridgehead atoms. The number of aryl methyl sites for hydroxylation is 3. The summed E-state index contributed by atoms with van der Waals surface area (Å²) in [6, 6.07) is 3.69. The summed E-state index contributed by atoms with van der Waals surface area (Å²) in [5.74, 6) is -0.629. The zero-order chi connectivity index (χ0) is 18.3. The minimum Gasteiger partial charge on any atom is -0.483 e. The number of amides is 1. The molecule has 1 unspecified atom stereocenters. The Kier molecular flexibility index (Phi) is 4.63. The first-order valence-corrected chi connectivity index (χ1v) is 7.32. The SMILES string of the molecule is CC1=NN(C(=O)COc2c(C)cc(C)cc2C)C(O)(C(F)(F)F)C1. The van der Waals surface area contributed by atoms with Crippen molar-refractivity contribution in [3.8, 4) is 5.75 Å². The van der Waals surface area contributed by atoms with E-state index in [0.717, 1.165) is 16.7 Å². The quantitative estimate of drug-likeness (QED) is 0.917. The molecule has 132 valence electrons. The van der Waals surface area contributed by atoms with Gasteiger partial charge in [0, 0.05) is 12.1 Å². The van der Waals surface area contributed by atoms with Crippen LogP contribution in [0.2, 0.25) is 0 Å². The average Bonchev–Trinajstić information content (AvgIpc) is 2.73. The molecular formula is C16H19F3N2O3. The van der Waals surface area contributed by atoms with E-state index in [2.05, 4.69) is 5.10 Å². The number of halogens is 3. The van der Waals surface area contributed by atoms with E-state index >= 15 is 0 Å². The molecule has 0 spiro atoms. The monoisotopic (exact) mass is 344 g/mol. The van der Waals surface area contributed by atoms with Gasteiger partial charge in [-0.3, -0.25) is 4.79 Å². The van der Waals surface area contributed by atoms with Crippen LogP contribution in [0, 0.1) is 20.8 Å². The second kappa shape index (κ2) is 6.08. The number of hydrogen-bond acceptors (Lipinski definition) is 4. The van der Waals surface area contributed by atoms with Crippen LogP contribution in [-0.2, 0) is 4.79 Å². The van der Waals surface area contributed by atoms with Crippen molar-refractivity contribution < 1.29 is 27.8 Å². The molecule has 0 saturated carbocycles. The lowest BCUT2D eigenvalue weighted by molar-refractivity contribution is -0.302. The van der Waals surface area contributed by atoms with Crippen molar-refractivity contribution in [3.05, 3.63) is 28.8 Å². The number of hydrogen-bond donors (Lipinski definition) is 1. The number of aliphatic hydroxyl groups is 1. The third-order valence-corrected chi connectivity index (χ3v) is 3.76. The van der Waals surface area contributed by atoms with E-state index in [1.807, 2.05) is 19.1 Å². The highest BCUT2D eigenvalue weighted by atomic mass is 19.4. The van der Waals surface area contributed by atoms with E-state index in [4.69, 9.17) is 4.74 Å². The van der Waals surface area contributed by atoms with Gasteiger partial charge in [-0.1, -0.05) is 17.7 Å². The molecule has 5 nitrogen and oxygen atoms in total. The van der Waals surface area contributed by atoms with E-state index in [-0.39, 0.29) is 10.7 Å². The summed E-state index contributed by atoms with van der Waals surface area (Å²) in [6.45, 7) is 6.13. The molecule has 2 rings (SSSR count). The maximum atomic E-state index is 13.1. The highest BCUT2D eigenvalue weighted by Crippen LogP contribution is 2.40. The Morgan fingerprint density at radius 2 is 1.83 bits per heavy atom. The predicted molar refractivity (Wildman–Crippen MR) is 81.7 cm³/mol. The molecule has 0 aromatic heterocycles. The Morgan fingerprint density at radius 1 is 1.29 bits per heavy atom. The van der Waals surface area contributed by atoms with E-state index < -0.39 is 30.8 Å². The zero-order valence-electron chi connectivity index (χ0n) is 13.9. The molecule has 1 amide bonds. The molecule has 1 N–H and O–H groups in total. The van der Waals surface area contributed by atoms with Crippen LogP contribution in [0.4, 0.5) is 13.2 Å². The van der Waals surface area contributed by atoms with E-state index in [1.165, 1.54) is 6.92 Å². The van der Waals surface area contributed by atoms with Crippen LogP contribution in [-0.4, -0.2) is 40.2 Å². The fourth-order valence-corrected chi connectivity index (χ4v) is 2.79. The van der Waals surface area contributed by atoms with Crippen molar-refractivity contribution in [1.29, 1.82) is 0 Å². The minimum absolute atomic E-state index is 0.0193. The van der Waals surface area contributed by atoms with Crippen LogP contribution >= 0.6 is 0 Å². The summed E-state index contributed by atoms with van der Waals surface area (Å²) < 4.78 is 44.7. The van der Waals surface area contributed by atoms with Gasteiger partial charge in [-0.25, -0.2) is 0 Å². The summed E-state index contributed by atoms with van der Waals surface area (Å²) >= 11 is 0. The summed E-state index contributed by atoms with van der Waals surface area (Å²) in [5, 5.41) is 13.5. The number of nitrogens with zero attached hydrogens (tertiary/aromatic N) is 2. The van der Waals surface area contributed by atoms with Gasteiger partial charge in [0.2, 0.25) is 0 Å². The van der Waals surface area contributed by atoms with Crippen molar-refractivity contribution >= 4 is 11.6 Å². The average molecular weight is 344 g/mol. The molecule has 1 aliphatic heterocycles. The second-order valence-corrected chi connectivity index (χ2v) is 6.05. The maximum absolute atomic E-state index is 13.1. The fourth-order valence-electron chi connectivity index (χ4n) is 2.79. The Labute approximate surface area is 137 Å². The second-order valence-electron chi connectivity index (χ2n) is 6.05. The number of hydrazone groups is 1. The van der Waals surface area contributed by atoms with Gasteiger partial charge in [-0.05, 0) is 38.8 Å². The van der Waals surface area contributed by atoms with E-state index in [1.54, 1.807) is 13.8 Å². The van der Waals surface area contributed by atoms with Crippen molar-refractivity contribution in [2.45, 2.75) is 46.0 Å². The van der Waals surface area contributed by atoms with Crippen LogP contribution in [0.1, 0.15) is 30.0 Å². The Morgan fingerprint density at radius 3 is 2.33 bits per heavy atom. The van der Waals surface area contributed by atoms with Crippen LogP contribution in [0.5, 0.6) is 5.75 Å². The van der Waals surface area contributed by atoms with Gasteiger partial charge in [0.1, 0.15) is 5.75 Å². The Balaban J connectivity index is 2.18. The van der Waals surface area contributed by atoms with E-state index in [9.17, 15) is 23.1 Å². The van der Waals surface area contributed by atoms with Gasteiger partial charge in [-0.15, -0.1) is 0 Å². The smallest absolute Gasteiger partial charge is 0.438 e. The molecule has 1 aromatic rings. The first-order chi connectivity index (χ1) is 11.0. The number of rotatable bonds is 3. The number of alkyl halides is 3. The predicted octanol–water partition coefficient (Wildman–Crippen LogP) is 2.85. The van der Waals surface area contributed by atoms with Crippen molar-refractivity contribution in [2.75, 3.05) is 6.61 Å². The van der Waals surface area contributed by atoms with Gasteiger partial charge in [0.05, 0.1) is 0 Å². The number of carbonyl (C=O) groups is 1. The molecule has 1 aliphatic rings. The first kappa shape index (κ1) is 18.3. The van der Waals surface area contributed by atoms with Crippen molar-refractivity contribution in [3.63, 3.8) is 0 Å². The standard InChI is InChI=1S/C16H19F3N2O3/c1-9-5-10(2)14(11(3)6-9)24-8-13(22)21-15(23,16(17,18)19)7-12(4)20-21/h5-6,23H,7-8H2,1-4H3. The Bertz CT molecular complexity index is 677. The van der Waals surface area contributed by atoms with Crippen LogP contribution < -0.4 is 4.74 Å². The highest BCUT2D eigenvalue weighted by molar-refractivity contribution is 5.89. The minimum atomic E-state index is -5.01. The number of benzene rings is 1. The lowest BCUT2D eigenvalue weighted by Gasteiger charge is -2.32. The summed E-state index contributed by atoms with van der Waals surface area (Å²) in [5.41, 5.74) is -0.754. The number of carbonyl (C=O) groups excluding carboxylic acids is 1. The lowest BCUT2D eigenvalue weighted by atomic mass is 10.1. The molecule has 1 heterocycles. The van der Waals surface area contributed by atoms with Crippen molar-refractivity contribution in [1.82, 2.24) is 5.01 Å².